The summed E-state index contributed by atoms with van der Waals surface area (Å²) in [6, 6.07) is 1.08. The fourth-order valence-electron chi connectivity index (χ4n) is 2.01. The molecule has 0 saturated carbocycles. The van der Waals surface area contributed by atoms with Crippen molar-refractivity contribution in [2.75, 3.05) is 19.6 Å². The average Bonchev–Trinajstić information content (AvgIpc) is 2.70. The van der Waals surface area contributed by atoms with Crippen LogP contribution in [0.2, 0.25) is 0 Å². The molecule has 2 unspecified atom stereocenters. The molecule has 1 aliphatic heterocycles. The summed E-state index contributed by atoms with van der Waals surface area (Å²) in [5, 5.41) is 6.70. The van der Waals surface area contributed by atoms with Gasteiger partial charge in [0.1, 0.15) is 5.01 Å². The highest BCUT2D eigenvalue weighted by Crippen LogP contribution is 2.24. The number of thiazole rings is 1. The number of nitrogens with zero attached hydrogens (tertiary/aromatic N) is 2. The van der Waals surface area contributed by atoms with Gasteiger partial charge in [-0.2, -0.15) is 0 Å². The molecule has 0 aliphatic carbocycles. The highest BCUT2D eigenvalue weighted by molar-refractivity contribution is 7.09. The van der Waals surface area contributed by atoms with Gasteiger partial charge in [0, 0.05) is 37.3 Å². The van der Waals surface area contributed by atoms with Gasteiger partial charge >= 0.3 is 0 Å². The second-order valence-electron chi connectivity index (χ2n) is 3.84. The van der Waals surface area contributed by atoms with Crippen LogP contribution in [0.5, 0.6) is 0 Å². The van der Waals surface area contributed by atoms with Crippen LogP contribution in [0.1, 0.15) is 24.9 Å². The van der Waals surface area contributed by atoms with Gasteiger partial charge in [0.2, 0.25) is 0 Å². The average molecular weight is 211 g/mol. The van der Waals surface area contributed by atoms with E-state index >= 15 is 0 Å². The Bertz CT molecular complexity index is 273. The van der Waals surface area contributed by atoms with Gasteiger partial charge in [0.15, 0.2) is 0 Å². The van der Waals surface area contributed by atoms with E-state index in [1.807, 2.05) is 6.20 Å². The lowest BCUT2D eigenvalue weighted by atomic mass is 10.1. The molecule has 1 fully saturated rings. The second-order valence-corrected chi connectivity index (χ2v) is 4.76. The van der Waals surface area contributed by atoms with E-state index in [1.165, 1.54) is 5.01 Å². The predicted molar refractivity (Wildman–Crippen MR) is 59.6 cm³/mol. The van der Waals surface area contributed by atoms with Crippen molar-refractivity contribution in [3.8, 4) is 0 Å². The van der Waals surface area contributed by atoms with E-state index in [2.05, 4.69) is 34.4 Å². The highest BCUT2D eigenvalue weighted by Gasteiger charge is 2.24. The molecule has 1 saturated heterocycles. The van der Waals surface area contributed by atoms with Gasteiger partial charge in [-0.05, 0) is 13.8 Å². The SMILES string of the molecule is CC1CNCCN1C(C)c1nccs1. The van der Waals surface area contributed by atoms with Crippen molar-refractivity contribution in [3.05, 3.63) is 16.6 Å². The Morgan fingerprint density at radius 2 is 2.57 bits per heavy atom. The van der Waals surface area contributed by atoms with E-state index in [9.17, 15) is 0 Å². The van der Waals surface area contributed by atoms with Crippen LogP contribution in [0.3, 0.4) is 0 Å². The number of rotatable bonds is 2. The number of piperazine rings is 1. The number of hydrogen-bond acceptors (Lipinski definition) is 4. The van der Waals surface area contributed by atoms with Crippen LogP contribution in [0.25, 0.3) is 0 Å². The van der Waals surface area contributed by atoms with Crippen molar-refractivity contribution < 1.29 is 0 Å². The third kappa shape index (κ3) is 1.97. The zero-order valence-electron chi connectivity index (χ0n) is 8.73. The molecule has 0 bridgehead atoms. The minimum atomic E-state index is 0.465. The fourth-order valence-corrected chi connectivity index (χ4v) is 2.73. The van der Waals surface area contributed by atoms with E-state index in [1.54, 1.807) is 11.3 Å². The molecule has 3 nitrogen and oxygen atoms in total. The van der Waals surface area contributed by atoms with E-state index in [0.29, 0.717) is 12.1 Å². The summed E-state index contributed by atoms with van der Waals surface area (Å²) in [7, 11) is 0. The van der Waals surface area contributed by atoms with Gasteiger partial charge in [0.05, 0.1) is 6.04 Å². The molecule has 78 valence electrons. The number of hydrogen-bond donors (Lipinski definition) is 1. The van der Waals surface area contributed by atoms with Crippen molar-refractivity contribution in [2.45, 2.75) is 25.9 Å². The van der Waals surface area contributed by atoms with Gasteiger partial charge in [0.25, 0.3) is 0 Å². The molecule has 2 rings (SSSR count). The maximum atomic E-state index is 4.38. The smallest absolute Gasteiger partial charge is 0.109 e. The van der Waals surface area contributed by atoms with Crippen LogP contribution in [0.4, 0.5) is 0 Å². The summed E-state index contributed by atoms with van der Waals surface area (Å²) in [5.74, 6) is 0. The molecule has 0 spiro atoms. The molecule has 1 aliphatic rings. The zero-order chi connectivity index (χ0) is 9.97. The van der Waals surface area contributed by atoms with Gasteiger partial charge in [-0.3, -0.25) is 4.90 Å². The maximum Gasteiger partial charge on any atom is 0.109 e. The normalized spacial score (nSPS) is 26.3. The Labute approximate surface area is 89.1 Å². The van der Waals surface area contributed by atoms with Crippen LogP contribution < -0.4 is 5.32 Å². The molecule has 4 heteroatoms. The molecule has 2 atom stereocenters. The lowest BCUT2D eigenvalue weighted by molar-refractivity contribution is 0.126. The predicted octanol–water partition coefficient (Wildman–Crippen LogP) is 1.50. The molecular weight excluding hydrogens is 194 g/mol. The molecule has 1 aromatic heterocycles. The summed E-state index contributed by atoms with van der Waals surface area (Å²) in [5.41, 5.74) is 0. The van der Waals surface area contributed by atoms with E-state index in [-0.39, 0.29) is 0 Å². The maximum absolute atomic E-state index is 4.38. The van der Waals surface area contributed by atoms with Gasteiger partial charge in [-0.1, -0.05) is 0 Å². The molecule has 14 heavy (non-hydrogen) atoms. The second kappa shape index (κ2) is 4.38. The highest BCUT2D eigenvalue weighted by atomic mass is 32.1. The molecule has 0 aromatic carbocycles. The topological polar surface area (TPSA) is 28.2 Å². The largest absolute Gasteiger partial charge is 0.314 e. The van der Waals surface area contributed by atoms with Crippen molar-refractivity contribution in [2.24, 2.45) is 0 Å². The quantitative estimate of drug-likeness (QED) is 0.803. The first-order chi connectivity index (χ1) is 6.79. The van der Waals surface area contributed by atoms with Crippen molar-refractivity contribution in [1.82, 2.24) is 15.2 Å². The Hall–Kier alpha value is -0.450. The lowest BCUT2D eigenvalue weighted by Crippen LogP contribution is -2.50. The summed E-state index contributed by atoms with van der Waals surface area (Å²) >= 11 is 1.75. The van der Waals surface area contributed by atoms with E-state index in [0.717, 1.165) is 19.6 Å². The third-order valence-corrected chi connectivity index (χ3v) is 3.80. The minimum Gasteiger partial charge on any atom is -0.314 e. The first-order valence-electron chi connectivity index (χ1n) is 5.15. The summed E-state index contributed by atoms with van der Waals surface area (Å²) in [6.45, 7) is 7.84. The molecular formula is C10H17N3S. The Morgan fingerprint density at radius 3 is 3.21 bits per heavy atom. The summed E-state index contributed by atoms with van der Waals surface area (Å²) < 4.78 is 0. The van der Waals surface area contributed by atoms with Crippen molar-refractivity contribution >= 4 is 11.3 Å². The molecule has 0 radical (unpaired) electrons. The standard InChI is InChI=1S/C10H17N3S/c1-8-7-11-3-5-13(8)9(2)10-12-4-6-14-10/h4,6,8-9,11H,3,5,7H2,1-2H3. The number of aromatic nitrogens is 1. The van der Waals surface area contributed by atoms with Gasteiger partial charge < -0.3 is 5.32 Å². The molecule has 1 N–H and O–H groups in total. The molecule has 1 aromatic rings. The fraction of sp³-hybridized carbons (Fsp3) is 0.700. The van der Waals surface area contributed by atoms with Crippen LogP contribution >= 0.6 is 11.3 Å². The lowest BCUT2D eigenvalue weighted by Gasteiger charge is -2.37. The van der Waals surface area contributed by atoms with Crippen LogP contribution in [0.15, 0.2) is 11.6 Å². The Kier molecular flexibility index (Phi) is 3.15. The van der Waals surface area contributed by atoms with E-state index < -0.39 is 0 Å². The van der Waals surface area contributed by atoms with Crippen LogP contribution in [-0.4, -0.2) is 35.6 Å². The van der Waals surface area contributed by atoms with E-state index in [4.69, 9.17) is 0 Å². The first-order valence-corrected chi connectivity index (χ1v) is 6.03. The van der Waals surface area contributed by atoms with Gasteiger partial charge in [-0.15, -0.1) is 11.3 Å². The van der Waals surface area contributed by atoms with Crippen molar-refractivity contribution in [3.63, 3.8) is 0 Å². The van der Waals surface area contributed by atoms with Gasteiger partial charge in [-0.25, -0.2) is 4.98 Å². The monoisotopic (exact) mass is 211 g/mol. The Morgan fingerprint density at radius 1 is 1.71 bits per heavy atom. The van der Waals surface area contributed by atoms with Crippen LogP contribution in [-0.2, 0) is 0 Å². The molecule has 0 amide bonds. The number of nitrogens with one attached hydrogen (secondary N) is 1. The minimum absolute atomic E-state index is 0.465. The van der Waals surface area contributed by atoms with Crippen LogP contribution in [0, 0.1) is 0 Å². The Balaban J connectivity index is 2.06. The molecule has 2 heterocycles. The van der Waals surface area contributed by atoms with Crippen molar-refractivity contribution in [1.29, 1.82) is 0 Å². The zero-order valence-corrected chi connectivity index (χ0v) is 9.55. The summed E-state index contributed by atoms with van der Waals surface area (Å²) in [4.78, 5) is 6.91. The third-order valence-electron chi connectivity index (χ3n) is 2.86. The summed E-state index contributed by atoms with van der Waals surface area (Å²) in [6.07, 6.45) is 1.89. The first kappa shape index (κ1) is 10.1.